The number of rotatable bonds is 5. The summed E-state index contributed by atoms with van der Waals surface area (Å²) in [4.78, 5) is 11.5. The van der Waals surface area contributed by atoms with Crippen LogP contribution in [0.4, 0.5) is 8.78 Å². The molecule has 1 aromatic rings. The van der Waals surface area contributed by atoms with E-state index in [1.807, 2.05) is 0 Å². The number of ketones is 1. The summed E-state index contributed by atoms with van der Waals surface area (Å²) in [5.41, 5.74) is 0.193. The van der Waals surface area contributed by atoms with E-state index in [4.69, 9.17) is 4.74 Å². The molecular weight excluding hydrogens is 282 g/mol. The molecule has 1 aromatic carbocycles. The highest BCUT2D eigenvalue weighted by atomic mass is 79.9. The number of alkyl halides is 3. The van der Waals surface area contributed by atoms with Crippen molar-refractivity contribution in [1.82, 2.24) is 0 Å². The van der Waals surface area contributed by atoms with Crippen molar-refractivity contribution in [2.45, 2.75) is 12.8 Å². The van der Waals surface area contributed by atoms with Crippen LogP contribution in [0.3, 0.4) is 0 Å². The SMILES string of the molecule is COc1cc(C(=O)CCBr)ccc1C(F)F. The van der Waals surface area contributed by atoms with Gasteiger partial charge in [0.05, 0.1) is 12.7 Å². The highest BCUT2D eigenvalue weighted by Gasteiger charge is 2.15. The van der Waals surface area contributed by atoms with E-state index in [0.717, 1.165) is 0 Å². The quantitative estimate of drug-likeness (QED) is 0.612. The summed E-state index contributed by atoms with van der Waals surface area (Å²) in [5, 5.41) is 0.546. The van der Waals surface area contributed by atoms with Gasteiger partial charge in [-0.3, -0.25) is 4.79 Å². The van der Waals surface area contributed by atoms with Gasteiger partial charge < -0.3 is 4.74 Å². The third-order valence-corrected chi connectivity index (χ3v) is 2.51. The van der Waals surface area contributed by atoms with Gasteiger partial charge in [-0.05, 0) is 12.1 Å². The van der Waals surface area contributed by atoms with E-state index in [-0.39, 0.29) is 17.1 Å². The molecule has 0 saturated carbocycles. The Morgan fingerprint density at radius 1 is 1.50 bits per heavy atom. The van der Waals surface area contributed by atoms with Crippen molar-refractivity contribution in [1.29, 1.82) is 0 Å². The van der Waals surface area contributed by atoms with Gasteiger partial charge in [-0.2, -0.15) is 0 Å². The van der Waals surface area contributed by atoms with Gasteiger partial charge >= 0.3 is 0 Å². The van der Waals surface area contributed by atoms with E-state index in [9.17, 15) is 13.6 Å². The molecule has 0 radical (unpaired) electrons. The topological polar surface area (TPSA) is 26.3 Å². The zero-order valence-corrected chi connectivity index (χ0v) is 10.3. The first-order valence-electron chi connectivity index (χ1n) is 4.65. The number of Topliss-reactive ketones (excluding diaryl/α,β-unsaturated/α-hetero) is 1. The zero-order chi connectivity index (χ0) is 12.1. The first-order chi connectivity index (χ1) is 7.60. The Bertz CT molecular complexity index is 380. The maximum absolute atomic E-state index is 12.5. The molecule has 0 aromatic heterocycles. The predicted molar refractivity (Wildman–Crippen MR) is 60.7 cm³/mol. The Morgan fingerprint density at radius 3 is 2.69 bits per heavy atom. The third-order valence-electron chi connectivity index (χ3n) is 2.11. The van der Waals surface area contributed by atoms with Crippen LogP contribution in [0, 0.1) is 0 Å². The van der Waals surface area contributed by atoms with Crippen LogP contribution in [0.2, 0.25) is 0 Å². The lowest BCUT2D eigenvalue weighted by molar-refractivity contribution is 0.0988. The summed E-state index contributed by atoms with van der Waals surface area (Å²) in [5.74, 6) is -0.0496. The molecule has 0 aliphatic rings. The van der Waals surface area contributed by atoms with Gasteiger partial charge in [0.1, 0.15) is 5.75 Å². The highest BCUT2D eigenvalue weighted by molar-refractivity contribution is 9.09. The second kappa shape index (κ2) is 5.94. The maximum atomic E-state index is 12.5. The van der Waals surface area contributed by atoms with Crippen LogP contribution in [0.5, 0.6) is 5.75 Å². The van der Waals surface area contributed by atoms with Crippen molar-refractivity contribution in [2.75, 3.05) is 12.4 Å². The van der Waals surface area contributed by atoms with Crippen molar-refractivity contribution in [3.05, 3.63) is 29.3 Å². The lowest BCUT2D eigenvalue weighted by Gasteiger charge is -2.09. The second-order valence-corrected chi connectivity index (χ2v) is 3.91. The van der Waals surface area contributed by atoms with Crippen LogP contribution < -0.4 is 4.74 Å². The Hall–Kier alpha value is -0.970. The minimum atomic E-state index is -2.60. The van der Waals surface area contributed by atoms with Crippen LogP contribution in [-0.2, 0) is 0 Å². The second-order valence-electron chi connectivity index (χ2n) is 3.12. The van der Waals surface area contributed by atoms with Crippen LogP contribution in [0.25, 0.3) is 0 Å². The molecule has 0 N–H and O–H groups in total. The van der Waals surface area contributed by atoms with Crippen molar-refractivity contribution >= 4 is 21.7 Å². The minimum absolute atomic E-state index is 0.0513. The summed E-state index contributed by atoms with van der Waals surface area (Å²) in [7, 11) is 1.31. The number of methoxy groups -OCH3 is 1. The standard InChI is InChI=1S/C11H11BrF2O2/c1-16-10-6-7(9(15)4-5-12)2-3-8(10)11(13)14/h2-3,6,11H,4-5H2,1H3. The number of ether oxygens (including phenoxy) is 1. The molecule has 1 rings (SSSR count). The van der Waals surface area contributed by atoms with E-state index in [2.05, 4.69) is 15.9 Å². The number of hydrogen-bond acceptors (Lipinski definition) is 2. The summed E-state index contributed by atoms with van der Waals surface area (Å²) < 4.78 is 29.9. The molecule has 0 saturated heterocycles. The van der Waals surface area contributed by atoms with Gasteiger partial charge in [0.2, 0.25) is 0 Å². The van der Waals surface area contributed by atoms with Crippen molar-refractivity contribution in [2.24, 2.45) is 0 Å². The van der Waals surface area contributed by atoms with Crippen LogP contribution in [0.15, 0.2) is 18.2 Å². The highest BCUT2D eigenvalue weighted by Crippen LogP contribution is 2.29. The first-order valence-corrected chi connectivity index (χ1v) is 5.77. The summed E-state index contributed by atoms with van der Waals surface area (Å²) >= 11 is 3.15. The van der Waals surface area contributed by atoms with Gasteiger partial charge in [0.15, 0.2) is 5.78 Å². The molecule has 0 bridgehead atoms. The molecule has 0 fully saturated rings. The fraction of sp³-hybridized carbons (Fsp3) is 0.364. The molecule has 2 nitrogen and oxygen atoms in total. The number of carbonyl (C=O) groups is 1. The third kappa shape index (κ3) is 3.01. The van der Waals surface area contributed by atoms with Crippen molar-refractivity contribution in [3.8, 4) is 5.75 Å². The van der Waals surface area contributed by atoms with Gasteiger partial charge in [-0.1, -0.05) is 22.0 Å². The number of halogens is 3. The van der Waals surface area contributed by atoms with Gasteiger partial charge in [0.25, 0.3) is 6.43 Å². The van der Waals surface area contributed by atoms with Crippen molar-refractivity contribution < 1.29 is 18.3 Å². The van der Waals surface area contributed by atoms with Crippen LogP contribution in [-0.4, -0.2) is 18.2 Å². The lowest BCUT2D eigenvalue weighted by Crippen LogP contribution is -2.02. The normalized spacial score (nSPS) is 10.6. The average molecular weight is 293 g/mol. The van der Waals surface area contributed by atoms with Gasteiger partial charge in [-0.15, -0.1) is 0 Å². The Kier molecular flexibility index (Phi) is 4.86. The molecule has 0 atom stereocenters. The molecule has 0 amide bonds. The molecule has 0 heterocycles. The molecule has 0 aliphatic carbocycles. The molecular formula is C11H11BrF2O2. The zero-order valence-electron chi connectivity index (χ0n) is 8.67. The fourth-order valence-electron chi connectivity index (χ4n) is 1.30. The summed E-state index contributed by atoms with van der Waals surface area (Å²) in [6, 6.07) is 3.98. The number of benzene rings is 1. The minimum Gasteiger partial charge on any atom is -0.496 e. The van der Waals surface area contributed by atoms with Crippen molar-refractivity contribution in [3.63, 3.8) is 0 Å². The summed E-state index contributed by atoms with van der Waals surface area (Å²) in [6.07, 6.45) is -2.27. The Labute approximate surface area is 101 Å². The van der Waals surface area contributed by atoms with Gasteiger partial charge in [-0.25, -0.2) is 8.78 Å². The summed E-state index contributed by atoms with van der Waals surface area (Å²) in [6.45, 7) is 0. The Morgan fingerprint density at radius 2 is 2.19 bits per heavy atom. The maximum Gasteiger partial charge on any atom is 0.267 e. The number of carbonyl (C=O) groups excluding carboxylic acids is 1. The monoisotopic (exact) mass is 292 g/mol. The number of hydrogen-bond donors (Lipinski definition) is 0. The average Bonchev–Trinajstić information content (AvgIpc) is 2.28. The van der Waals surface area contributed by atoms with Crippen LogP contribution in [0.1, 0.15) is 28.8 Å². The van der Waals surface area contributed by atoms with Gasteiger partial charge in [0, 0.05) is 17.3 Å². The van der Waals surface area contributed by atoms with E-state index >= 15 is 0 Å². The fourth-order valence-corrected chi connectivity index (χ4v) is 1.66. The lowest BCUT2D eigenvalue weighted by atomic mass is 10.1. The molecule has 0 unspecified atom stereocenters. The molecule has 0 spiro atoms. The largest absolute Gasteiger partial charge is 0.496 e. The predicted octanol–water partition coefficient (Wildman–Crippen LogP) is 3.60. The van der Waals surface area contributed by atoms with E-state index in [1.54, 1.807) is 0 Å². The molecule has 88 valence electrons. The Balaban J connectivity index is 3.04. The molecule has 16 heavy (non-hydrogen) atoms. The van der Waals surface area contributed by atoms with E-state index in [0.29, 0.717) is 17.3 Å². The molecule has 0 aliphatic heterocycles. The first kappa shape index (κ1) is 13.1. The molecule has 5 heteroatoms. The van der Waals surface area contributed by atoms with E-state index < -0.39 is 6.43 Å². The smallest absolute Gasteiger partial charge is 0.267 e. The van der Waals surface area contributed by atoms with Crippen LogP contribution >= 0.6 is 15.9 Å². The van der Waals surface area contributed by atoms with E-state index in [1.165, 1.54) is 25.3 Å².